The summed E-state index contributed by atoms with van der Waals surface area (Å²) in [5.41, 5.74) is 4.13. The summed E-state index contributed by atoms with van der Waals surface area (Å²) in [5.74, 6) is 0.147. The van der Waals surface area contributed by atoms with Crippen LogP contribution < -0.4 is 0 Å². The predicted molar refractivity (Wildman–Crippen MR) is 94.3 cm³/mol. The lowest BCUT2D eigenvalue weighted by atomic mass is 9.89. The number of fused-ring (bicyclic) bond motifs is 2. The molecule has 4 nitrogen and oxygen atoms in total. The van der Waals surface area contributed by atoms with Crippen molar-refractivity contribution in [2.75, 3.05) is 13.1 Å². The van der Waals surface area contributed by atoms with Crippen LogP contribution in [0.2, 0.25) is 0 Å². The number of aromatic nitrogens is 1. The average molecular weight is 324 g/mol. The van der Waals surface area contributed by atoms with Crippen LogP contribution in [0.15, 0.2) is 24.3 Å². The monoisotopic (exact) mass is 324 g/mol. The number of hydrogen-bond acceptors (Lipinski definition) is 3. The standard InChI is InChI=1S/C20H24N2O2/c1-13-11-22(12-14(2)24-13)20(23)19-15-7-3-5-9-17(15)21-18-10-6-4-8-16(18)19/h3,5,7,9,13-14H,4,6,8,10-12H2,1-2H3/t13-,14-/m1/s1. The zero-order chi connectivity index (χ0) is 16.7. The Morgan fingerprint density at radius 3 is 2.62 bits per heavy atom. The Kier molecular flexibility index (Phi) is 4.01. The van der Waals surface area contributed by atoms with Crippen molar-refractivity contribution in [2.45, 2.75) is 51.7 Å². The minimum absolute atomic E-state index is 0.0848. The van der Waals surface area contributed by atoms with Gasteiger partial charge in [-0.3, -0.25) is 9.78 Å². The third-order valence-corrected chi connectivity index (χ3v) is 5.09. The molecule has 0 spiro atoms. The average Bonchev–Trinajstić information content (AvgIpc) is 2.58. The molecule has 1 aliphatic carbocycles. The van der Waals surface area contributed by atoms with Crippen LogP contribution in [-0.4, -0.2) is 41.1 Å². The summed E-state index contributed by atoms with van der Waals surface area (Å²) < 4.78 is 5.80. The Labute approximate surface area is 142 Å². The van der Waals surface area contributed by atoms with E-state index in [0.717, 1.165) is 47.8 Å². The molecule has 0 bridgehead atoms. The molecule has 4 heteroatoms. The maximum absolute atomic E-state index is 13.4. The molecule has 126 valence electrons. The fourth-order valence-electron chi connectivity index (χ4n) is 4.12. The summed E-state index contributed by atoms with van der Waals surface area (Å²) in [6.45, 7) is 5.40. The lowest BCUT2D eigenvalue weighted by Gasteiger charge is -2.36. The lowest BCUT2D eigenvalue weighted by Crippen LogP contribution is -2.48. The lowest BCUT2D eigenvalue weighted by molar-refractivity contribution is -0.0586. The number of pyridine rings is 1. The van der Waals surface area contributed by atoms with Crippen LogP contribution in [0.1, 0.15) is 48.3 Å². The molecular formula is C20H24N2O2. The molecule has 0 N–H and O–H groups in total. The van der Waals surface area contributed by atoms with E-state index < -0.39 is 0 Å². The number of rotatable bonds is 1. The molecule has 1 aliphatic heterocycles. The number of carbonyl (C=O) groups excluding carboxylic acids is 1. The summed E-state index contributed by atoms with van der Waals surface area (Å²) >= 11 is 0. The molecule has 4 rings (SSSR count). The van der Waals surface area contributed by atoms with Crippen LogP contribution in [0.4, 0.5) is 0 Å². The van der Waals surface area contributed by atoms with Crippen molar-refractivity contribution in [1.29, 1.82) is 0 Å². The largest absolute Gasteiger partial charge is 0.372 e. The summed E-state index contributed by atoms with van der Waals surface area (Å²) in [5, 5.41) is 0.995. The van der Waals surface area contributed by atoms with Crippen LogP contribution in [0.3, 0.4) is 0 Å². The summed E-state index contributed by atoms with van der Waals surface area (Å²) in [6, 6.07) is 8.06. The number of aryl methyl sites for hydroxylation is 1. The highest BCUT2D eigenvalue weighted by Gasteiger charge is 2.30. The third-order valence-electron chi connectivity index (χ3n) is 5.09. The van der Waals surface area contributed by atoms with Gasteiger partial charge in [0.15, 0.2) is 0 Å². The van der Waals surface area contributed by atoms with Gasteiger partial charge in [-0.05, 0) is 51.2 Å². The molecule has 1 aromatic carbocycles. The van der Waals surface area contributed by atoms with Crippen molar-refractivity contribution < 1.29 is 9.53 Å². The molecule has 1 fully saturated rings. The van der Waals surface area contributed by atoms with E-state index in [2.05, 4.69) is 0 Å². The van der Waals surface area contributed by atoms with Gasteiger partial charge in [-0.1, -0.05) is 18.2 Å². The van der Waals surface area contributed by atoms with Crippen molar-refractivity contribution in [3.8, 4) is 0 Å². The van der Waals surface area contributed by atoms with E-state index in [4.69, 9.17) is 9.72 Å². The second-order valence-corrected chi connectivity index (χ2v) is 7.10. The van der Waals surface area contributed by atoms with Crippen molar-refractivity contribution in [3.05, 3.63) is 41.1 Å². The minimum atomic E-state index is 0.0848. The smallest absolute Gasteiger partial charge is 0.255 e. The normalized spacial score (nSPS) is 24.0. The Bertz CT molecular complexity index is 777. The highest BCUT2D eigenvalue weighted by atomic mass is 16.5. The van der Waals surface area contributed by atoms with Gasteiger partial charge in [0.05, 0.1) is 23.3 Å². The van der Waals surface area contributed by atoms with Crippen molar-refractivity contribution in [1.82, 2.24) is 9.88 Å². The zero-order valence-corrected chi connectivity index (χ0v) is 14.4. The van der Waals surface area contributed by atoms with Crippen molar-refractivity contribution in [3.63, 3.8) is 0 Å². The fraction of sp³-hybridized carbons (Fsp3) is 0.500. The van der Waals surface area contributed by atoms with E-state index in [1.165, 1.54) is 5.56 Å². The minimum Gasteiger partial charge on any atom is -0.372 e. The first-order valence-corrected chi connectivity index (χ1v) is 8.98. The number of carbonyl (C=O) groups is 1. The fourth-order valence-corrected chi connectivity index (χ4v) is 4.12. The first-order valence-electron chi connectivity index (χ1n) is 8.98. The summed E-state index contributed by atoms with van der Waals surface area (Å²) in [7, 11) is 0. The van der Waals surface area contributed by atoms with Gasteiger partial charge in [0.25, 0.3) is 5.91 Å². The number of morpholine rings is 1. The van der Waals surface area contributed by atoms with Gasteiger partial charge < -0.3 is 9.64 Å². The predicted octanol–water partition coefficient (Wildman–Crippen LogP) is 3.36. The molecule has 1 aromatic heterocycles. The van der Waals surface area contributed by atoms with Gasteiger partial charge >= 0.3 is 0 Å². The van der Waals surface area contributed by atoms with E-state index in [1.54, 1.807) is 0 Å². The Hall–Kier alpha value is -1.94. The molecule has 2 atom stereocenters. The van der Waals surface area contributed by atoms with E-state index in [9.17, 15) is 4.79 Å². The quantitative estimate of drug-likeness (QED) is 0.808. The molecule has 0 saturated carbocycles. The second kappa shape index (κ2) is 6.17. The Morgan fingerprint density at radius 2 is 1.83 bits per heavy atom. The van der Waals surface area contributed by atoms with Gasteiger partial charge in [-0.25, -0.2) is 0 Å². The van der Waals surface area contributed by atoms with E-state index in [-0.39, 0.29) is 18.1 Å². The highest BCUT2D eigenvalue weighted by molar-refractivity contribution is 6.07. The first kappa shape index (κ1) is 15.6. The van der Waals surface area contributed by atoms with Crippen molar-refractivity contribution in [2.24, 2.45) is 0 Å². The third kappa shape index (κ3) is 2.69. The topological polar surface area (TPSA) is 42.4 Å². The van der Waals surface area contributed by atoms with Gasteiger partial charge in [-0.15, -0.1) is 0 Å². The molecule has 1 amide bonds. The molecule has 2 aliphatic rings. The number of para-hydroxylation sites is 1. The molecule has 0 radical (unpaired) electrons. The van der Waals surface area contributed by atoms with Gasteiger partial charge in [0.1, 0.15) is 0 Å². The van der Waals surface area contributed by atoms with E-state index in [1.807, 2.05) is 43.0 Å². The molecule has 1 saturated heterocycles. The molecule has 2 aromatic rings. The van der Waals surface area contributed by atoms with Crippen LogP contribution in [0, 0.1) is 0 Å². The van der Waals surface area contributed by atoms with Crippen molar-refractivity contribution >= 4 is 16.8 Å². The molecule has 2 heterocycles. The van der Waals surface area contributed by atoms with Crippen LogP contribution in [-0.2, 0) is 17.6 Å². The maximum Gasteiger partial charge on any atom is 0.255 e. The number of hydrogen-bond donors (Lipinski definition) is 0. The highest BCUT2D eigenvalue weighted by Crippen LogP contribution is 2.30. The van der Waals surface area contributed by atoms with Crippen LogP contribution in [0.5, 0.6) is 0 Å². The van der Waals surface area contributed by atoms with Gasteiger partial charge in [0, 0.05) is 24.2 Å². The van der Waals surface area contributed by atoms with E-state index >= 15 is 0 Å². The van der Waals surface area contributed by atoms with Crippen LogP contribution in [0.25, 0.3) is 10.9 Å². The summed E-state index contributed by atoms with van der Waals surface area (Å²) in [4.78, 5) is 20.2. The Morgan fingerprint density at radius 1 is 1.12 bits per heavy atom. The second-order valence-electron chi connectivity index (χ2n) is 7.10. The van der Waals surface area contributed by atoms with Gasteiger partial charge in [0.2, 0.25) is 0 Å². The molecule has 0 unspecified atom stereocenters. The van der Waals surface area contributed by atoms with Gasteiger partial charge in [-0.2, -0.15) is 0 Å². The Balaban J connectivity index is 1.84. The summed E-state index contributed by atoms with van der Waals surface area (Å²) in [6.07, 6.45) is 4.42. The number of nitrogens with zero attached hydrogens (tertiary/aromatic N) is 2. The number of ether oxygens (including phenoxy) is 1. The zero-order valence-electron chi connectivity index (χ0n) is 14.4. The van der Waals surface area contributed by atoms with Crippen LogP contribution >= 0.6 is 0 Å². The SMILES string of the molecule is C[C@@H]1CN(C(=O)c2c3c(nc4ccccc24)CCCC3)C[C@@H](C)O1. The number of benzene rings is 1. The molecular weight excluding hydrogens is 300 g/mol. The van der Waals surface area contributed by atoms with E-state index in [0.29, 0.717) is 13.1 Å². The molecule has 24 heavy (non-hydrogen) atoms. The maximum atomic E-state index is 13.4. The number of amides is 1. The first-order chi connectivity index (χ1) is 11.6.